The van der Waals surface area contributed by atoms with Gasteiger partial charge >= 0.3 is 5.97 Å². The third-order valence-corrected chi connectivity index (χ3v) is 8.54. The Morgan fingerprint density at radius 3 is 2.29 bits per heavy atom. The monoisotopic (exact) mass is 646 g/mol. The highest BCUT2D eigenvalue weighted by atomic mass is 19.1. The topological polar surface area (TPSA) is 89.8 Å². The number of para-hydroxylation sites is 2. The zero-order valence-electron chi connectivity index (χ0n) is 27.1. The van der Waals surface area contributed by atoms with Gasteiger partial charge in [-0.1, -0.05) is 86.6 Å². The molecule has 0 spiro atoms. The average molecular weight is 647 g/mol. The van der Waals surface area contributed by atoms with Crippen LogP contribution in [0.2, 0.25) is 0 Å². The van der Waals surface area contributed by atoms with Gasteiger partial charge < -0.3 is 24.5 Å². The molecule has 5 aromatic rings. The molecule has 1 aliphatic rings. The van der Waals surface area contributed by atoms with Crippen molar-refractivity contribution >= 4 is 17.6 Å². The van der Waals surface area contributed by atoms with Gasteiger partial charge in [-0.3, -0.25) is 9.59 Å². The Hall–Kier alpha value is -5.21. The lowest BCUT2D eigenvalue weighted by Crippen LogP contribution is -2.33. The number of cyclic esters (lactones) is 1. The third kappa shape index (κ3) is 7.34. The molecule has 1 aromatic heterocycles. The number of nitrogens with zero attached hydrogens (tertiary/aromatic N) is 1. The molecule has 246 valence electrons. The number of nitrogens with one attached hydrogen (secondary N) is 1. The van der Waals surface area contributed by atoms with Crippen molar-refractivity contribution in [1.29, 1.82) is 0 Å². The second-order valence-corrected chi connectivity index (χ2v) is 12.4. The normalized spacial score (nSPS) is 16.1. The number of hydrogen-bond acceptors (Lipinski definition) is 5. The van der Waals surface area contributed by atoms with Gasteiger partial charge in [0.2, 0.25) is 0 Å². The number of rotatable bonds is 11. The molecule has 1 amide bonds. The summed E-state index contributed by atoms with van der Waals surface area (Å²) in [6.45, 7) is 4.81. The molecule has 2 heterocycles. The van der Waals surface area contributed by atoms with E-state index in [9.17, 15) is 19.1 Å². The molecular weight excluding hydrogens is 607 g/mol. The van der Waals surface area contributed by atoms with E-state index in [2.05, 4.69) is 9.88 Å². The minimum atomic E-state index is -0.757. The first-order valence-corrected chi connectivity index (χ1v) is 16.3. The fraction of sp³-hybridized carbons (Fsp3) is 0.250. The number of aliphatic hydroxyl groups is 1. The predicted molar refractivity (Wildman–Crippen MR) is 184 cm³/mol. The maximum Gasteiger partial charge on any atom is 0.308 e. The minimum absolute atomic E-state index is 0.0168. The summed E-state index contributed by atoms with van der Waals surface area (Å²) in [5.41, 5.74) is 5.86. The van der Waals surface area contributed by atoms with Gasteiger partial charge in [0, 0.05) is 30.6 Å². The SMILES string of the molecule is CC(C)c1c(C(=O)Nc2ccccc2OCc2ccccc2)c(-c2ccccc2)c(-c2ccc(F)cc2)n1CC[C@@H]1C[C@@H](O)CC(=O)O1. The summed E-state index contributed by atoms with van der Waals surface area (Å²) in [5.74, 6) is -0.665. The Labute approximate surface area is 280 Å². The zero-order valence-corrected chi connectivity index (χ0v) is 27.1. The van der Waals surface area contributed by atoms with Gasteiger partial charge in [0.1, 0.15) is 24.3 Å². The Morgan fingerprint density at radius 2 is 1.60 bits per heavy atom. The molecule has 0 radical (unpaired) electrons. The Kier molecular flexibility index (Phi) is 10.0. The van der Waals surface area contributed by atoms with Crippen LogP contribution in [0.4, 0.5) is 10.1 Å². The number of aliphatic hydroxyl groups excluding tert-OH is 1. The van der Waals surface area contributed by atoms with E-state index >= 15 is 0 Å². The first-order valence-electron chi connectivity index (χ1n) is 16.3. The van der Waals surface area contributed by atoms with E-state index in [1.165, 1.54) is 12.1 Å². The Morgan fingerprint density at radius 1 is 0.938 bits per heavy atom. The van der Waals surface area contributed by atoms with Gasteiger partial charge in [-0.15, -0.1) is 0 Å². The van der Waals surface area contributed by atoms with Crippen molar-refractivity contribution < 1.29 is 28.6 Å². The van der Waals surface area contributed by atoms with E-state index in [1.807, 2.05) is 98.8 Å². The van der Waals surface area contributed by atoms with E-state index in [0.717, 1.165) is 28.1 Å². The number of benzene rings is 4. The maximum atomic E-state index is 14.7. The lowest BCUT2D eigenvalue weighted by Gasteiger charge is -2.27. The molecule has 48 heavy (non-hydrogen) atoms. The van der Waals surface area contributed by atoms with Crippen LogP contribution < -0.4 is 10.1 Å². The number of carbonyl (C=O) groups excluding carboxylic acids is 2. The number of aromatic nitrogens is 1. The number of ether oxygens (including phenoxy) is 2. The van der Waals surface area contributed by atoms with Crippen LogP contribution in [-0.4, -0.2) is 33.8 Å². The number of anilines is 1. The summed E-state index contributed by atoms with van der Waals surface area (Å²) in [6.07, 6.45) is -0.481. The molecule has 8 heteroatoms. The zero-order chi connectivity index (χ0) is 33.6. The van der Waals surface area contributed by atoms with Crippen molar-refractivity contribution in [3.05, 3.63) is 132 Å². The van der Waals surface area contributed by atoms with Crippen LogP contribution in [0, 0.1) is 5.82 Å². The highest BCUT2D eigenvalue weighted by molar-refractivity contribution is 6.13. The standard InChI is InChI=1S/C40H39FN2O5/c1-26(2)38-37(40(46)42-33-15-9-10-16-34(33)47-25-27-11-5-3-6-12-27)36(28-13-7-4-8-14-28)39(29-17-19-30(41)20-18-29)43(38)22-21-32-23-31(44)24-35(45)48-32/h3-20,26,31-32,44H,21-25H2,1-2H3,(H,42,46)/t31-,32-/m1/s1. The van der Waals surface area contributed by atoms with E-state index in [-0.39, 0.29) is 24.1 Å². The Balaban J connectivity index is 1.46. The van der Waals surface area contributed by atoms with Gasteiger partial charge in [0.15, 0.2) is 0 Å². The molecule has 6 rings (SSSR count). The molecule has 0 unspecified atom stereocenters. The summed E-state index contributed by atoms with van der Waals surface area (Å²) < 4.78 is 28.1. The van der Waals surface area contributed by atoms with Crippen LogP contribution in [-0.2, 0) is 22.7 Å². The molecule has 0 saturated carbocycles. The van der Waals surface area contributed by atoms with E-state index in [1.54, 1.807) is 12.1 Å². The molecule has 1 fully saturated rings. The number of hydrogen-bond donors (Lipinski definition) is 2. The smallest absolute Gasteiger partial charge is 0.308 e. The summed E-state index contributed by atoms with van der Waals surface area (Å²) in [4.78, 5) is 26.8. The predicted octanol–water partition coefficient (Wildman–Crippen LogP) is 8.37. The minimum Gasteiger partial charge on any atom is -0.487 e. The highest BCUT2D eigenvalue weighted by Gasteiger charge is 2.32. The van der Waals surface area contributed by atoms with Crippen LogP contribution >= 0.6 is 0 Å². The number of amides is 1. The summed E-state index contributed by atoms with van der Waals surface area (Å²) in [7, 11) is 0. The first-order chi connectivity index (χ1) is 23.3. The number of carbonyl (C=O) groups is 2. The molecule has 1 aliphatic heterocycles. The molecule has 2 N–H and O–H groups in total. The van der Waals surface area contributed by atoms with Gasteiger partial charge in [0.05, 0.1) is 29.5 Å². The summed E-state index contributed by atoms with van der Waals surface area (Å²) in [5, 5.41) is 13.4. The lowest BCUT2D eigenvalue weighted by molar-refractivity contribution is -0.160. The molecular formula is C40H39FN2O5. The highest BCUT2D eigenvalue weighted by Crippen LogP contribution is 2.43. The van der Waals surface area contributed by atoms with Gasteiger partial charge in [-0.25, -0.2) is 4.39 Å². The van der Waals surface area contributed by atoms with E-state index in [0.29, 0.717) is 48.6 Å². The van der Waals surface area contributed by atoms with Crippen LogP contribution in [0.25, 0.3) is 22.4 Å². The maximum absolute atomic E-state index is 14.7. The third-order valence-electron chi connectivity index (χ3n) is 8.54. The largest absolute Gasteiger partial charge is 0.487 e. The summed E-state index contributed by atoms with van der Waals surface area (Å²) >= 11 is 0. The van der Waals surface area contributed by atoms with Crippen molar-refractivity contribution in [3.8, 4) is 28.1 Å². The van der Waals surface area contributed by atoms with Gasteiger partial charge in [-0.2, -0.15) is 0 Å². The van der Waals surface area contributed by atoms with Crippen molar-refractivity contribution in [1.82, 2.24) is 4.57 Å². The molecule has 0 bridgehead atoms. The van der Waals surface area contributed by atoms with E-state index < -0.39 is 18.2 Å². The fourth-order valence-corrected chi connectivity index (χ4v) is 6.42. The van der Waals surface area contributed by atoms with Gasteiger partial charge in [0.25, 0.3) is 5.91 Å². The van der Waals surface area contributed by atoms with Crippen LogP contribution in [0.3, 0.4) is 0 Å². The molecule has 0 aliphatic carbocycles. The van der Waals surface area contributed by atoms with Crippen molar-refractivity contribution in [2.45, 2.75) is 64.4 Å². The van der Waals surface area contributed by atoms with Crippen LogP contribution in [0.5, 0.6) is 5.75 Å². The van der Waals surface area contributed by atoms with Gasteiger partial charge in [-0.05, 0) is 59.0 Å². The average Bonchev–Trinajstić information content (AvgIpc) is 3.43. The van der Waals surface area contributed by atoms with Crippen LogP contribution in [0.15, 0.2) is 109 Å². The first kappa shape index (κ1) is 32.7. The number of halogens is 1. The quantitative estimate of drug-likeness (QED) is 0.141. The Bertz CT molecular complexity index is 1870. The lowest BCUT2D eigenvalue weighted by atomic mass is 9.94. The number of esters is 1. The van der Waals surface area contributed by atoms with Crippen LogP contribution in [0.1, 0.15) is 60.6 Å². The molecule has 1 saturated heterocycles. The molecule has 4 aromatic carbocycles. The second-order valence-electron chi connectivity index (χ2n) is 12.4. The van der Waals surface area contributed by atoms with Crippen molar-refractivity contribution in [2.75, 3.05) is 5.32 Å². The van der Waals surface area contributed by atoms with Crippen molar-refractivity contribution in [2.24, 2.45) is 0 Å². The fourth-order valence-electron chi connectivity index (χ4n) is 6.42. The molecule has 7 nitrogen and oxygen atoms in total. The van der Waals surface area contributed by atoms with Crippen molar-refractivity contribution in [3.63, 3.8) is 0 Å². The second kappa shape index (κ2) is 14.7. The van der Waals surface area contributed by atoms with E-state index in [4.69, 9.17) is 9.47 Å². The molecule has 2 atom stereocenters. The summed E-state index contributed by atoms with van der Waals surface area (Å²) in [6, 6.07) is 33.1.